The number of aliphatic hydroxyl groups excluding tert-OH is 1. The van der Waals surface area contributed by atoms with Crippen molar-refractivity contribution in [3.05, 3.63) is 28.8 Å². The highest BCUT2D eigenvalue weighted by atomic mass is 35.5. The minimum absolute atomic E-state index is 0.0138. The number of benzene rings is 1. The van der Waals surface area contributed by atoms with E-state index in [9.17, 15) is 5.11 Å². The van der Waals surface area contributed by atoms with Gasteiger partial charge in [0.25, 0.3) is 0 Å². The Morgan fingerprint density at radius 3 is 2.67 bits per heavy atom. The summed E-state index contributed by atoms with van der Waals surface area (Å²) >= 11 is 6.17. The molecule has 0 aliphatic heterocycles. The molecular weight excluding hydrogens is 246 g/mol. The Kier molecular flexibility index (Phi) is 4.52. The lowest BCUT2D eigenvalue weighted by molar-refractivity contribution is 0.282. The van der Waals surface area contributed by atoms with Crippen LogP contribution in [0, 0.1) is 5.92 Å². The van der Waals surface area contributed by atoms with E-state index in [1.165, 1.54) is 19.3 Å². The molecule has 1 N–H and O–H groups in total. The summed E-state index contributed by atoms with van der Waals surface area (Å²) < 4.78 is 0. The third-order valence-corrected chi connectivity index (χ3v) is 3.85. The van der Waals surface area contributed by atoms with Crippen LogP contribution in [0.5, 0.6) is 0 Å². The molecule has 0 spiro atoms. The molecule has 0 bridgehead atoms. The molecule has 1 fully saturated rings. The van der Waals surface area contributed by atoms with Gasteiger partial charge in [0.05, 0.1) is 6.61 Å². The molecule has 18 heavy (non-hydrogen) atoms. The molecule has 1 aromatic carbocycles. The number of nitrogens with zero attached hydrogens (tertiary/aromatic N) is 1. The Morgan fingerprint density at radius 1 is 1.39 bits per heavy atom. The molecule has 0 amide bonds. The minimum Gasteiger partial charge on any atom is -0.392 e. The molecule has 3 heteroatoms. The smallest absolute Gasteiger partial charge is 0.0716 e. The van der Waals surface area contributed by atoms with Crippen LogP contribution in [0.4, 0.5) is 5.69 Å². The number of halogens is 1. The summed E-state index contributed by atoms with van der Waals surface area (Å²) in [5.41, 5.74) is 1.99. The van der Waals surface area contributed by atoms with E-state index in [1.807, 2.05) is 12.1 Å². The highest BCUT2D eigenvalue weighted by molar-refractivity contribution is 6.31. The SMILES string of the molecule is CC(C)CCN(c1cccc(Cl)c1CO)C1CC1. The van der Waals surface area contributed by atoms with E-state index in [0.717, 1.165) is 17.8 Å². The molecule has 1 saturated carbocycles. The lowest BCUT2D eigenvalue weighted by atomic mass is 10.1. The van der Waals surface area contributed by atoms with Gasteiger partial charge in [-0.3, -0.25) is 0 Å². The fourth-order valence-electron chi connectivity index (χ4n) is 2.26. The van der Waals surface area contributed by atoms with E-state index >= 15 is 0 Å². The van der Waals surface area contributed by atoms with Gasteiger partial charge in [0.1, 0.15) is 0 Å². The fourth-order valence-corrected chi connectivity index (χ4v) is 2.49. The van der Waals surface area contributed by atoms with Gasteiger partial charge in [-0.25, -0.2) is 0 Å². The van der Waals surface area contributed by atoms with Gasteiger partial charge >= 0.3 is 0 Å². The summed E-state index contributed by atoms with van der Waals surface area (Å²) in [5, 5.41) is 10.2. The van der Waals surface area contributed by atoms with Crippen molar-refractivity contribution in [2.45, 2.75) is 45.8 Å². The number of anilines is 1. The Labute approximate surface area is 115 Å². The van der Waals surface area contributed by atoms with Gasteiger partial charge in [-0.05, 0) is 37.3 Å². The van der Waals surface area contributed by atoms with Crippen LogP contribution < -0.4 is 4.90 Å². The molecule has 0 atom stereocenters. The monoisotopic (exact) mass is 267 g/mol. The minimum atomic E-state index is 0.0138. The molecule has 100 valence electrons. The van der Waals surface area contributed by atoms with Gasteiger partial charge < -0.3 is 10.0 Å². The number of hydrogen-bond acceptors (Lipinski definition) is 2. The zero-order valence-electron chi connectivity index (χ0n) is 11.2. The van der Waals surface area contributed by atoms with Crippen molar-refractivity contribution in [3.8, 4) is 0 Å². The number of hydrogen-bond donors (Lipinski definition) is 1. The largest absolute Gasteiger partial charge is 0.392 e. The highest BCUT2D eigenvalue weighted by Gasteiger charge is 2.30. The zero-order valence-corrected chi connectivity index (χ0v) is 12.0. The van der Waals surface area contributed by atoms with Crippen molar-refractivity contribution >= 4 is 17.3 Å². The topological polar surface area (TPSA) is 23.5 Å². The molecule has 0 unspecified atom stereocenters. The summed E-state index contributed by atoms with van der Waals surface area (Å²) in [6.45, 7) is 5.56. The molecule has 0 aromatic heterocycles. The Morgan fingerprint density at radius 2 is 2.11 bits per heavy atom. The Hall–Kier alpha value is -0.730. The predicted octanol–water partition coefficient (Wildman–Crippen LogP) is 3.85. The van der Waals surface area contributed by atoms with E-state index in [4.69, 9.17) is 11.6 Å². The van der Waals surface area contributed by atoms with Crippen LogP contribution in [0.25, 0.3) is 0 Å². The highest BCUT2D eigenvalue weighted by Crippen LogP contribution is 2.36. The first-order chi connectivity index (χ1) is 8.63. The molecule has 2 rings (SSSR count). The lowest BCUT2D eigenvalue weighted by Gasteiger charge is -2.28. The molecule has 1 aliphatic rings. The van der Waals surface area contributed by atoms with Crippen molar-refractivity contribution in [3.63, 3.8) is 0 Å². The van der Waals surface area contributed by atoms with Crippen molar-refractivity contribution < 1.29 is 5.11 Å². The third-order valence-electron chi connectivity index (χ3n) is 3.50. The summed E-state index contributed by atoms with van der Waals surface area (Å²) in [6, 6.07) is 6.55. The van der Waals surface area contributed by atoms with Gasteiger partial charge in [-0.15, -0.1) is 0 Å². The van der Waals surface area contributed by atoms with Crippen LogP contribution in [0.3, 0.4) is 0 Å². The van der Waals surface area contributed by atoms with Gasteiger partial charge in [0.2, 0.25) is 0 Å². The first kappa shape index (κ1) is 13.7. The number of rotatable bonds is 6. The summed E-state index contributed by atoms with van der Waals surface area (Å²) in [4.78, 5) is 2.43. The van der Waals surface area contributed by atoms with Crippen LogP contribution in [0.15, 0.2) is 18.2 Å². The fraction of sp³-hybridized carbons (Fsp3) is 0.600. The van der Waals surface area contributed by atoms with Gasteiger partial charge in [-0.2, -0.15) is 0 Å². The molecule has 0 radical (unpaired) electrons. The summed E-state index contributed by atoms with van der Waals surface area (Å²) in [6.07, 6.45) is 3.69. The van der Waals surface area contributed by atoms with Crippen LogP contribution in [-0.4, -0.2) is 17.7 Å². The maximum atomic E-state index is 9.52. The Bertz CT molecular complexity index is 401. The molecule has 0 saturated heterocycles. The van der Waals surface area contributed by atoms with E-state index in [0.29, 0.717) is 17.0 Å². The predicted molar refractivity (Wildman–Crippen MR) is 77.2 cm³/mol. The quantitative estimate of drug-likeness (QED) is 0.846. The van der Waals surface area contributed by atoms with Crippen molar-refractivity contribution in [2.75, 3.05) is 11.4 Å². The van der Waals surface area contributed by atoms with E-state index < -0.39 is 0 Å². The van der Waals surface area contributed by atoms with Crippen molar-refractivity contribution in [1.29, 1.82) is 0 Å². The normalized spacial score (nSPS) is 15.2. The molecular formula is C15H22ClNO. The standard InChI is InChI=1S/C15H22ClNO/c1-11(2)8-9-17(12-6-7-12)15-5-3-4-14(16)13(15)10-18/h3-5,11-12,18H,6-10H2,1-2H3. The third kappa shape index (κ3) is 3.18. The van der Waals surface area contributed by atoms with Crippen molar-refractivity contribution in [2.24, 2.45) is 5.92 Å². The van der Waals surface area contributed by atoms with Crippen LogP contribution in [0.2, 0.25) is 5.02 Å². The maximum absolute atomic E-state index is 9.52. The molecule has 0 heterocycles. The lowest BCUT2D eigenvalue weighted by Crippen LogP contribution is -2.28. The second kappa shape index (κ2) is 5.94. The second-order valence-electron chi connectivity index (χ2n) is 5.50. The first-order valence-corrected chi connectivity index (χ1v) is 7.16. The number of aliphatic hydroxyl groups is 1. The molecule has 1 aliphatic carbocycles. The molecule has 2 nitrogen and oxygen atoms in total. The van der Waals surface area contributed by atoms with Crippen LogP contribution >= 0.6 is 11.6 Å². The first-order valence-electron chi connectivity index (χ1n) is 6.78. The zero-order chi connectivity index (χ0) is 13.1. The average Bonchev–Trinajstić information content (AvgIpc) is 3.13. The van der Waals surface area contributed by atoms with Crippen LogP contribution in [0.1, 0.15) is 38.7 Å². The summed E-state index contributed by atoms with van der Waals surface area (Å²) in [7, 11) is 0. The van der Waals surface area contributed by atoms with E-state index in [1.54, 1.807) is 0 Å². The van der Waals surface area contributed by atoms with Crippen LogP contribution in [-0.2, 0) is 6.61 Å². The van der Waals surface area contributed by atoms with E-state index in [2.05, 4.69) is 24.8 Å². The van der Waals surface area contributed by atoms with Gasteiger partial charge in [0.15, 0.2) is 0 Å². The Balaban J connectivity index is 2.22. The maximum Gasteiger partial charge on any atom is 0.0716 e. The van der Waals surface area contributed by atoms with Gasteiger partial charge in [0, 0.05) is 28.9 Å². The summed E-state index contributed by atoms with van der Waals surface area (Å²) in [5.74, 6) is 0.697. The average molecular weight is 268 g/mol. The second-order valence-corrected chi connectivity index (χ2v) is 5.91. The molecule has 1 aromatic rings. The van der Waals surface area contributed by atoms with E-state index in [-0.39, 0.29) is 6.61 Å². The van der Waals surface area contributed by atoms with Gasteiger partial charge in [-0.1, -0.05) is 31.5 Å². The van der Waals surface area contributed by atoms with Crippen molar-refractivity contribution in [1.82, 2.24) is 0 Å².